The second-order valence-corrected chi connectivity index (χ2v) is 4.10. The number of hydrogen-bond acceptors (Lipinski definition) is 2. The predicted molar refractivity (Wildman–Crippen MR) is 48.6 cm³/mol. The average Bonchev–Trinajstić information content (AvgIpc) is 2.58. The van der Waals surface area contributed by atoms with Crippen LogP contribution in [0.4, 0.5) is 4.79 Å². The molecule has 1 aliphatic carbocycles. The van der Waals surface area contributed by atoms with Gasteiger partial charge in [0, 0.05) is 6.04 Å². The normalized spacial score (nSPS) is 35.7. The highest BCUT2D eigenvalue weighted by Crippen LogP contribution is 2.40. The second-order valence-electron chi connectivity index (χ2n) is 4.10. The molecule has 14 heavy (non-hydrogen) atoms. The molecule has 1 saturated heterocycles. The maximum absolute atomic E-state index is 11.1. The molecule has 3 N–H and O–H groups in total. The Morgan fingerprint density at radius 1 is 1.36 bits per heavy atom. The van der Waals surface area contributed by atoms with Crippen molar-refractivity contribution < 1.29 is 14.7 Å². The molecule has 0 aromatic carbocycles. The van der Waals surface area contributed by atoms with Crippen molar-refractivity contribution in [3.05, 3.63) is 0 Å². The molecule has 1 aliphatic heterocycles. The summed E-state index contributed by atoms with van der Waals surface area (Å²) in [6, 6.07) is -0.562. The Morgan fingerprint density at radius 2 is 2.07 bits per heavy atom. The lowest BCUT2D eigenvalue weighted by Crippen LogP contribution is -2.46. The Balaban J connectivity index is 2.21. The van der Waals surface area contributed by atoms with Crippen molar-refractivity contribution in [2.45, 2.75) is 37.8 Å². The van der Waals surface area contributed by atoms with Crippen molar-refractivity contribution in [2.75, 3.05) is 0 Å². The number of likely N-dealkylation sites (tertiary alicyclic amines) is 1. The molecule has 0 radical (unpaired) electrons. The summed E-state index contributed by atoms with van der Waals surface area (Å²) >= 11 is 0. The van der Waals surface area contributed by atoms with E-state index in [0.29, 0.717) is 12.3 Å². The fourth-order valence-corrected chi connectivity index (χ4v) is 2.82. The summed E-state index contributed by atoms with van der Waals surface area (Å²) in [6.45, 7) is 0. The van der Waals surface area contributed by atoms with Crippen LogP contribution in [0, 0.1) is 5.92 Å². The van der Waals surface area contributed by atoms with Gasteiger partial charge in [0.15, 0.2) is 0 Å². The third-order valence-corrected chi connectivity index (χ3v) is 3.39. The SMILES string of the molecule is NC(=O)C1CC2CCCC2N1C(=O)O. The molecule has 1 heterocycles. The number of nitrogens with zero attached hydrogens (tertiary/aromatic N) is 1. The predicted octanol–water partition coefficient (Wildman–Crippen LogP) is 0.393. The fourth-order valence-electron chi connectivity index (χ4n) is 2.82. The topological polar surface area (TPSA) is 83.6 Å². The quantitative estimate of drug-likeness (QED) is 0.639. The minimum absolute atomic E-state index is 0.0324. The highest BCUT2D eigenvalue weighted by Gasteiger charge is 2.48. The number of nitrogens with two attached hydrogens (primary N) is 1. The molecule has 3 atom stereocenters. The third-order valence-electron chi connectivity index (χ3n) is 3.39. The lowest BCUT2D eigenvalue weighted by Gasteiger charge is -2.24. The Kier molecular flexibility index (Phi) is 2.09. The van der Waals surface area contributed by atoms with Crippen LogP contribution in [-0.4, -0.2) is 34.1 Å². The van der Waals surface area contributed by atoms with Crippen molar-refractivity contribution in [2.24, 2.45) is 11.7 Å². The van der Waals surface area contributed by atoms with Crippen LogP contribution in [0.3, 0.4) is 0 Å². The minimum atomic E-state index is -1.01. The Morgan fingerprint density at radius 3 is 2.64 bits per heavy atom. The van der Waals surface area contributed by atoms with Gasteiger partial charge >= 0.3 is 6.09 Å². The molecule has 1 saturated carbocycles. The van der Waals surface area contributed by atoms with Gasteiger partial charge in [0.2, 0.25) is 5.91 Å². The highest BCUT2D eigenvalue weighted by molar-refractivity contribution is 5.84. The molecule has 2 amide bonds. The molecule has 5 heteroatoms. The van der Waals surface area contributed by atoms with E-state index in [1.807, 2.05) is 0 Å². The van der Waals surface area contributed by atoms with E-state index in [4.69, 9.17) is 10.8 Å². The summed E-state index contributed by atoms with van der Waals surface area (Å²) in [4.78, 5) is 23.3. The standard InChI is InChI=1S/C9H14N2O3/c10-8(12)7-4-5-2-1-3-6(5)11(7)9(13)14/h5-7H,1-4H2,(H2,10,12)(H,13,14). The van der Waals surface area contributed by atoms with Gasteiger partial charge in [-0.05, 0) is 25.2 Å². The van der Waals surface area contributed by atoms with Crippen molar-refractivity contribution in [3.8, 4) is 0 Å². The molecule has 3 unspecified atom stereocenters. The van der Waals surface area contributed by atoms with Crippen molar-refractivity contribution in [1.29, 1.82) is 0 Å². The molecule has 2 fully saturated rings. The maximum atomic E-state index is 11.1. The Labute approximate surface area is 81.9 Å². The molecule has 0 bridgehead atoms. The van der Waals surface area contributed by atoms with E-state index in [1.165, 1.54) is 4.90 Å². The first-order valence-electron chi connectivity index (χ1n) is 4.92. The first-order chi connectivity index (χ1) is 6.61. The second kappa shape index (κ2) is 3.15. The van der Waals surface area contributed by atoms with Gasteiger partial charge in [-0.2, -0.15) is 0 Å². The number of fused-ring (bicyclic) bond motifs is 1. The van der Waals surface area contributed by atoms with Crippen LogP contribution in [0.25, 0.3) is 0 Å². The van der Waals surface area contributed by atoms with Gasteiger partial charge in [0.1, 0.15) is 6.04 Å². The Hall–Kier alpha value is -1.26. The van der Waals surface area contributed by atoms with E-state index in [9.17, 15) is 9.59 Å². The third kappa shape index (κ3) is 1.23. The average molecular weight is 198 g/mol. The van der Waals surface area contributed by atoms with E-state index in [1.54, 1.807) is 0 Å². The monoisotopic (exact) mass is 198 g/mol. The molecule has 2 rings (SSSR count). The van der Waals surface area contributed by atoms with E-state index >= 15 is 0 Å². The lowest BCUT2D eigenvalue weighted by molar-refractivity contribution is -0.122. The fraction of sp³-hybridized carbons (Fsp3) is 0.778. The van der Waals surface area contributed by atoms with Crippen LogP contribution in [0.5, 0.6) is 0 Å². The largest absolute Gasteiger partial charge is 0.465 e. The van der Waals surface area contributed by atoms with E-state index in [-0.39, 0.29) is 6.04 Å². The van der Waals surface area contributed by atoms with Gasteiger partial charge in [0.25, 0.3) is 0 Å². The number of carbonyl (C=O) groups is 2. The summed E-state index contributed by atoms with van der Waals surface area (Å²) in [5.74, 6) is -0.162. The number of carboxylic acid groups (broad SMARTS) is 1. The summed E-state index contributed by atoms with van der Waals surface area (Å²) in [6.07, 6.45) is 2.57. The molecule has 2 aliphatic rings. The zero-order valence-electron chi connectivity index (χ0n) is 7.85. The lowest BCUT2D eigenvalue weighted by atomic mass is 10.0. The molecular formula is C9H14N2O3. The van der Waals surface area contributed by atoms with Crippen LogP contribution in [0.2, 0.25) is 0 Å². The van der Waals surface area contributed by atoms with Gasteiger partial charge in [-0.3, -0.25) is 9.69 Å². The molecular weight excluding hydrogens is 184 g/mol. The van der Waals surface area contributed by atoms with Gasteiger partial charge in [-0.15, -0.1) is 0 Å². The molecule has 0 aromatic rings. The molecule has 0 spiro atoms. The minimum Gasteiger partial charge on any atom is -0.465 e. The summed E-state index contributed by atoms with van der Waals surface area (Å²) in [7, 11) is 0. The molecule has 78 valence electrons. The first-order valence-corrected chi connectivity index (χ1v) is 4.92. The number of rotatable bonds is 1. The number of primary amides is 1. The zero-order valence-corrected chi connectivity index (χ0v) is 7.85. The van der Waals surface area contributed by atoms with Crippen molar-refractivity contribution in [1.82, 2.24) is 4.90 Å². The zero-order chi connectivity index (χ0) is 10.3. The van der Waals surface area contributed by atoms with Crippen molar-refractivity contribution in [3.63, 3.8) is 0 Å². The molecule has 0 aromatic heterocycles. The van der Waals surface area contributed by atoms with Crippen LogP contribution >= 0.6 is 0 Å². The number of amides is 2. The van der Waals surface area contributed by atoms with Crippen LogP contribution < -0.4 is 5.73 Å². The van der Waals surface area contributed by atoms with E-state index in [0.717, 1.165) is 19.3 Å². The highest BCUT2D eigenvalue weighted by atomic mass is 16.4. The van der Waals surface area contributed by atoms with Crippen molar-refractivity contribution >= 4 is 12.0 Å². The summed E-state index contributed by atoms with van der Waals surface area (Å²) in [5.41, 5.74) is 5.19. The maximum Gasteiger partial charge on any atom is 0.408 e. The summed E-state index contributed by atoms with van der Waals surface area (Å²) < 4.78 is 0. The van der Waals surface area contributed by atoms with Gasteiger partial charge in [-0.1, -0.05) is 6.42 Å². The Bertz CT molecular complexity index is 279. The summed E-state index contributed by atoms with van der Waals surface area (Å²) in [5, 5.41) is 9.00. The smallest absolute Gasteiger partial charge is 0.408 e. The molecule has 5 nitrogen and oxygen atoms in total. The van der Waals surface area contributed by atoms with Gasteiger partial charge < -0.3 is 10.8 Å². The van der Waals surface area contributed by atoms with E-state index in [2.05, 4.69) is 0 Å². The first kappa shape index (κ1) is 9.30. The van der Waals surface area contributed by atoms with Crippen LogP contribution in [0.1, 0.15) is 25.7 Å². The number of hydrogen-bond donors (Lipinski definition) is 2. The van der Waals surface area contributed by atoms with Crippen LogP contribution in [-0.2, 0) is 4.79 Å². The number of carbonyl (C=O) groups excluding carboxylic acids is 1. The van der Waals surface area contributed by atoms with E-state index < -0.39 is 18.0 Å². The van der Waals surface area contributed by atoms with Gasteiger partial charge in [0.05, 0.1) is 0 Å². The van der Waals surface area contributed by atoms with Gasteiger partial charge in [-0.25, -0.2) is 4.79 Å². The van der Waals surface area contributed by atoms with Crippen LogP contribution in [0.15, 0.2) is 0 Å².